The maximum Gasteiger partial charge on any atom is 0.345 e. The van der Waals surface area contributed by atoms with Crippen LogP contribution in [0.2, 0.25) is 0 Å². The number of ether oxygens (including phenoxy) is 1. The summed E-state index contributed by atoms with van der Waals surface area (Å²) in [6, 6.07) is 14.0. The molecule has 0 saturated carbocycles. The highest BCUT2D eigenvalue weighted by Crippen LogP contribution is 2.19. The Kier molecular flexibility index (Phi) is 5.58. The van der Waals surface area contributed by atoms with Gasteiger partial charge in [0.1, 0.15) is 5.75 Å². The van der Waals surface area contributed by atoms with Gasteiger partial charge in [0.2, 0.25) is 0 Å². The molecule has 5 heteroatoms. The number of amides is 1. The Morgan fingerprint density at radius 1 is 1.04 bits per heavy atom. The van der Waals surface area contributed by atoms with E-state index < -0.39 is 12.1 Å². The van der Waals surface area contributed by atoms with Crippen LogP contribution in [0.15, 0.2) is 48.5 Å². The molecule has 1 unspecified atom stereocenters. The van der Waals surface area contributed by atoms with Crippen molar-refractivity contribution in [3.05, 3.63) is 59.7 Å². The Balaban J connectivity index is 2.07. The molecule has 0 aliphatic heterocycles. The largest absolute Gasteiger partial charge is 0.478 e. The summed E-state index contributed by atoms with van der Waals surface area (Å²) >= 11 is 0. The highest BCUT2D eigenvalue weighted by Gasteiger charge is 2.23. The third-order valence-corrected chi connectivity index (χ3v) is 3.62. The number of hydrogen-bond donors (Lipinski definition) is 2. The maximum atomic E-state index is 12.3. The summed E-state index contributed by atoms with van der Waals surface area (Å²) in [6.07, 6.45) is -0.920. The van der Waals surface area contributed by atoms with Gasteiger partial charge in [-0.3, -0.25) is 4.79 Å². The molecule has 2 N–H and O–H groups in total. The third-order valence-electron chi connectivity index (χ3n) is 3.62. The summed E-state index contributed by atoms with van der Waals surface area (Å²) in [5, 5.41) is 12.0. The molecule has 2 rings (SSSR count). The Morgan fingerprint density at radius 3 is 2.21 bits per heavy atom. The minimum absolute atomic E-state index is 0.161. The Hall–Kier alpha value is -2.82. The number of anilines is 1. The molecular weight excluding hydrogens is 306 g/mol. The molecule has 1 atom stereocenters. The average molecular weight is 327 g/mol. The van der Waals surface area contributed by atoms with Crippen molar-refractivity contribution in [3.8, 4) is 5.75 Å². The van der Waals surface area contributed by atoms with Crippen molar-refractivity contribution in [2.75, 3.05) is 5.32 Å². The quantitative estimate of drug-likeness (QED) is 0.847. The van der Waals surface area contributed by atoms with Gasteiger partial charge in [0, 0.05) is 17.2 Å². The lowest BCUT2D eigenvalue weighted by Gasteiger charge is -2.18. The summed E-state index contributed by atoms with van der Waals surface area (Å²) < 4.78 is 5.48. The number of nitrogens with one attached hydrogen (secondary N) is 1. The van der Waals surface area contributed by atoms with E-state index in [4.69, 9.17) is 9.84 Å². The fourth-order valence-corrected chi connectivity index (χ4v) is 2.21. The molecule has 0 fully saturated rings. The lowest BCUT2D eigenvalue weighted by molar-refractivity contribution is -0.147. The van der Waals surface area contributed by atoms with Gasteiger partial charge in [0.15, 0.2) is 6.10 Å². The van der Waals surface area contributed by atoms with Gasteiger partial charge in [0.25, 0.3) is 5.91 Å². The lowest BCUT2D eigenvalue weighted by atomic mass is 10.1. The molecule has 1 amide bonds. The van der Waals surface area contributed by atoms with Crippen LogP contribution in [0.3, 0.4) is 0 Å². The number of para-hydroxylation sites is 1. The number of carbonyl (C=O) groups is 2. The zero-order valence-corrected chi connectivity index (χ0v) is 13.9. The van der Waals surface area contributed by atoms with E-state index in [9.17, 15) is 9.59 Å². The van der Waals surface area contributed by atoms with Crippen LogP contribution in [0.25, 0.3) is 0 Å². The average Bonchev–Trinajstić information content (AvgIpc) is 2.54. The van der Waals surface area contributed by atoms with Gasteiger partial charge in [0.05, 0.1) is 0 Å². The Morgan fingerprint density at radius 2 is 1.67 bits per heavy atom. The Labute approximate surface area is 141 Å². The molecule has 0 bridgehead atoms. The summed E-state index contributed by atoms with van der Waals surface area (Å²) in [7, 11) is 0. The van der Waals surface area contributed by atoms with Crippen LogP contribution in [0.5, 0.6) is 5.75 Å². The highest BCUT2D eigenvalue weighted by atomic mass is 16.5. The van der Waals surface area contributed by atoms with Gasteiger partial charge in [-0.15, -0.1) is 0 Å². The van der Waals surface area contributed by atoms with Gasteiger partial charge < -0.3 is 15.2 Å². The molecule has 2 aromatic carbocycles. The summed E-state index contributed by atoms with van der Waals surface area (Å²) in [4.78, 5) is 23.4. The van der Waals surface area contributed by atoms with E-state index in [1.807, 2.05) is 31.2 Å². The number of rotatable bonds is 6. The number of benzene rings is 2. The second-order valence-corrected chi connectivity index (χ2v) is 5.91. The first-order valence-corrected chi connectivity index (χ1v) is 7.75. The molecule has 0 aromatic heterocycles. The maximum absolute atomic E-state index is 12.3. The van der Waals surface area contributed by atoms with Crippen LogP contribution in [0.4, 0.5) is 5.69 Å². The number of carboxylic acids is 1. The second-order valence-electron chi connectivity index (χ2n) is 5.91. The predicted molar refractivity (Wildman–Crippen MR) is 92.5 cm³/mol. The van der Waals surface area contributed by atoms with E-state index in [-0.39, 0.29) is 11.8 Å². The van der Waals surface area contributed by atoms with E-state index in [2.05, 4.69) is 5.32 Å². The van der Waals surface area contributed by atoms with Gasteiger partial charge in [-0.25, -0.2) is 4.79 Å². The molecule has 0 heterocycles. The normalized spacial score (nSPS) is 11.8. The van der Waals surface area contributed by atoms with Gasteiger partial charge >= 0.3 is 5.97 Å². The predicted octanol–water partition coefficient (Wildman–Crippen LogP) is 3.74. The third kappa shape index (κ3) is 4.35. The number of hydrogen-bond acceptors (Lipinski definition) is 3. The molecule has 2 aromatic rings. The fourth-order valence-electron chi connectivity index (χ4n) is 2.21. The van der Waals surface area contributed by atoms with E-state index >= 15 is 0 Å². The number of aliphatic carboxylic acids is 1. The summed E-state index contributed by atoms with van der Waals surface area (Å²) in [5.74, 6) is -0.976. The van der Waals surface area contributed by atoms with Gasteiger partial charge in [-0.2, -0.15) is 0 Å². The van der Waals surface area contributed by atoms with Crippen molar-refractivity contribution < 1.29 is 19.4 Å². The molecule has 0 spiro atoms. The monoisotopic (exact) mass is 327 g/mol. The zero-order valence-electron chi connectivity index (χ0n) is 13.9. The molecule has 126 valence electrons. The Bertz CT molecular complexity index is 722. The lowest BCUT2D eigenvalue weighted by Crippen LogP contribution is -2.32. The second kappa shape index (κ2) is 7.64. The summed E-state index contributed by atoms with van der Waals surface area (Å²) in [5.41, 5.74) is 2.21. The van der Waals surface area contributed by atoms with E-state index in [1.54, 1.807) is 38.1 Å². The van der Waals surface area contributed by atoms with Crippen molar-refractivity contribution in [3.63, 3.8) is 0 Å². The van der Waals surface area contributed by atoms with Crippen LogP contribution in [-0.2, 0) is 4.79 Å². The SMILES string of the molecule is Cc1ccccc1NC(=O)c1ccc(OC(C(=O)O)C(C)C)cc1. The van der Waals surface area contributed by atoms with Crippen LogP contribution < -0.4 is 10.1 Å². The number of aryl methyl sites for hydroxylation is 1. The van der Waals surface area contributed by atoms with E-state index in [0.717, 1.165) is 11.3 Å². The minimum atomic E-state index is -1.01. The molecule has 0 radical (unpaired) electrons. The first-order valence-electron chi connectivity index (χ1n) is 7.75. The fraction of sp³-hybridized carbons (Fsp3) is 0.263. The van der Waals surface area contributed by atoms with Crippen molar-refractivity contribution in [2.45, 2.75) is 26.9 Å². The number of carboxylic acid groups (broad SMARTS) is 1. The van der Waals surface area contributed by atoms with Crippen LogP contribution in [0, 0.1) is 12.8 Å². The summed E-state index contributed by atoms with van der Waals surface area (Å²) in [6.45, 7) is 5.48. The molecule has 0 aliphatic carbocycles. The van der Waals surface area contributed by atoms with E-state index in [0.29, 0.717) is 11.3 Å². The number of carbonyl (C=O) groups excluding carboxylic acids is 1. The van der Waals surface area contributed by atoms with Crippen molar-refractivity contribution >= 4 is 17.6 Å². The minimum Gasteiger partial charge on any atom is -0.478 e. The van der Waals surface area contributed by atoms with Gasteiger partial charge in [-0.1, -0.05) is 32.0 Å². The molecule has 0 aliphatic rings. The smallest absolute Gasteiger partial charge is 0.345 e. The molecule has 24 heavy (non-hydrogen) atoms. The van der Waals surface area contributed by atoms with Crippen LogP contribution in [0.1, 0.15) is 29.8 Å². The van der Waals surface area contributed by atoms with Crippen molar-refractivity contribution in [1.29, 1.82) is 0 Å². The standard InChI is InChI=1S/C19H21NO4/c1-12(2)17(19(22)23)24-15-10-8-14(9-11-15)18(21)20-16-7-5-4-6-13(16)3/h4-12,17H,1-3H3,(H,20,21)(H,22,23). The first-order chi connectivity index (χ1) is 11.4. The van der Waals surface area contributed by atoms with Gasteiger partial charge in [-0.05, 0) is 42.8 Å². The highest BCUT2D eigenvalue weighted by molar-refractivity contribution is 6.04. The molecule has 0 saturated heterocycles. The molecular formula is C19H21NO4. The van der Waals surface area contributed by atoms with Crippen molar-refractivity contribution in [1.82, 2.24) is 0 Å². The van der Waals surface area contributed by atoms with Crippen LogP contribution >= 0.6 is 0 Å². The van der Waals surface area contributed by atoms with Crippen LogP contribution in [-0.4, -0.2) is 23.1 Å². The molecule has 5 nitrogen and oxygen atoms in total. The topological polar surface area (TPSA) is 75.6 Å². The van der Waals surface area contributed by atoms with Crippen molar-refractivity contribution in [2.24, 2.45) is 5.92 Å². The zero-order chi connectivity index (χ0) is 17.7. The van der Waals surface area contributed by atoms with E-state index in [1.165, 1.54) is 0 Å². The first kappa shape index (κ1) is 17.5.